The van der Waals surface area contributed by atoms with Crippen LogP contribution in [0.2, 0.25) is 0 Å². The molecule has 0 bridgehead atoms. The first-order chi connectivity index (χ1) is 6.38. The average Bonchev–Trinajstić information content (AvgIpc) is 2.54. The summed E-state index contributed by atoms with van der Waals surface area (Å²) in [7, 11) is 0. The summed E-state index contributed by atoms with van der Waals surface area (Å²) in [6, 6.07) is 4.17. The number of nitriles is 2. The van der Waals surface area contributed by atoms with Crippen molar-refractivity contribution in [1.29, 1.82) is 10.5 Å². The summed E-state index contributed by atoms with van der Waals surface area (Å²) < 4.78 is 1.86. The van der Waals surface area contributed by atoms with E-state index in [0.717, 1.165) is 18.7 Å². The molecule has 0 aliphatic carbocycles. The second kappa shape index (κ2) is 4.95. The van der Waals surface area contributed by atoms with E-state index < -0.39 is 0 Å². The van der Waals surface area contributed by atoms with Crippen LogP contribution in [0.5, 0.6) is 0 Å². The van der Waals surface area contributed by atoms with Crippen molar-refractivity contribution in [2.45, 2.75) is 25.8 Å². The summed E-state index contributed by atoms with van der Waals surface area (Å²) in [6.45, 7) is 0.366. The summed E-state index contributed by atoms with van der Waals surface area (Å²) in [4.78, 5) is 3.05. The molecule has 0 unspecified atom stereocenters. The molecular weight excluding hydrogens is 164 g/mol. The number of unbranched alkanes of at least 4 members (excludes halogenated alkanes) is 1. The lowest BCUT2D eigenvalue weighted by molar-refractivity contribution is -0.691. The number of aryl methyl sites for hydroxylation is 1. The number of H-pyrrole nitrogens is 1. The van der Waals surface area contributed by atoms with Crippen LogP contribution in [0.1, 0.15) is 18.7 Å². The molecule has 13 heavy (non-hydrogen) atoms. The Kier molecular flexibility index (Phi) is 3.53. The van der Waals surface area contributed by atoms with Crippen LogP contribution in [0.4, 0.5) is 0 Å². The predicted octanol–water partition coefficient (Wildman–Crippen LogP) is 0.672. The monoisotopic (exact) mass is 175 g/mol. The van der Waals surface area contributed by atoms with Gasteiger partial charge in [0.15, 0.2) is 6.54 Å². The Bertz CT molecular complexity index is 339. The van der Waals surface area contributed by atoms with E-state index in [1.165, 1.54) is 0 Å². The van der Waals surface area contributed by atoms with E-state index in [1.807, 2.05) is 10.8 Å². The van der Waals surface area contributed by atoms with E-state index in [1.54, 1.807) is 6.20 Å². The molecule has 4 heteroatoms. The molecule has 0 amide bonds. The van der Waals surface area contributed by atoms with Crippen molar-refractivity contribution in [3.63, 3.8) is 0 Å². The number of aromatic nitrogens is 2. The lowest BCUT2D eigenvalue weighted by atomic mass is 10.2. The first-order valence-electron chi connectivity index (χ1n) is 4.18. The van der Waals surface area contributed by atoms with Gasteiger partial charge in [-0.25, -0.2) is 9.55 Å². The van der Waals surface area contributed by atoms with E-state index in [0.29, 0.717) is 13.0 Å². The van der Waals surface area contributed by atoms with E-state index in [-0.39, 0.29) is 0 Å². The number of nitrogens with zero attached hydrogens (tertiary/aromatic N) is 3. The highest BCUT2D eigenvalue weighted by Crippen LogP contribution is 1.96. The van der Waals surface area contributed by atoms with Gasteiger partial charge in [0, 0.05) is 6.42 Å². The Morgan fingerprint density at radius 1 is 1.38 bits per heavy atom. The van der Waals surface area contributed by atoms with Crippen LogP contribution in [0, 0.1) is 22.7 Å². The maximum Gasteiger partial charge on any atom is 0.255 e. The topological polar surface area (TPSA) is 67.2 Å². The Balaban J connectivity index is 2.52. The van der Waals surface area contributed by atoms with Crippen LogP contribution in [0.25, 0.3) is 0 Å². The van der Waals surface area contributed by atoms with E-state index >= 15 is 0 Å². The molecule has 0 aliphatic rings. The fraction of sp³-hybridized carbons (Fsp3) is 0.444. The summed E-state index contributed by atoms with van der Waals surface area (Å²) in [5.41, 5.74) is 0. The molecule has 0 atom stereocenters. The standard InChI is InChI=1S/C9H10N4/c10-4-2-1-3-9-12-6-8-13(9)7-5-11/h6,8H,1-3,7H2/p+1. The average molecular weight is 175 g/mol. The van der Waals surface area contributed by atoms with Crippen LogP contribution >= 0.6 is 0 Å². The van der Waals surface area contributed by atoms with Gasteiger partial charge in [-0.2, -0.15) is 10.5 Å². The zero-order chi connectivity index (χ0) is 9.52. The van der Waals surface area contributed by atoms with Gasteiger partial charge in [0.1, 0.15) is 18.5 Å². The van der Waals surface area contributed by atoms with Crippen molar-refractivity contribution in [1.82, 2.24) is 4.98 Å². The summed E-state index contributed by atoms with van der Waals surface area (Å²) in [5.74, 6) is 1.01. The third-order valence-electron chi connectivity index (χ3n) is 1.79. The maximum absolute atomic E-state index is 8.50. The van der Waals surface area contributed by atoms with Crippen LogP contribution < -0.4 is 4.57 Å². The molecule has 0 saturated carbocycles. The normalized spacial score (nSPS) is 9.08. The highest BCUT2D eigenvalue weighted by molar-refractivity contribution is 4.81. The molecule has 0 radical (unpaired) electrons. The summed E-state index contributed by atoms with van der Waals surface area (Å²) in [5, 5.41) is 16.8. The number of imidazole rings is 1. The van der Waals surface area contributed by atoms with Crippen molar-refractivity contribution in [2.75, 3.05) is 0 Å². The van der Waals surface area contributed by atoms with E-state index in [9.17, 15) is 0 Å². The minimum absolute atomic E-state index is 0.366. The van der Waals surface area contributed by atoms with Crippen molar-refractivity contribution in [3.8, 4) is 12.1 Å². The van der Waals surface area contributed by atoms with Gasteiger partial charge in [-0.15, -0.1) is 0 Å². The molecule has 1 N–H and O–H groups in total. The first kappa shape index (κ1) is 9.28. The third kappa shape index (κ3) is 2.61. The minimum atomic E-state index is 0.366. The second-order valence-corrected chi connectivity index (χ2v) is 2.70. The van der Waals surface area contributed by atoms with Crippen LogP contribution in [0.15, 0.2) is 12.4 Å². The van der Waals surface area contributed by atoms with Gasteiger partial charge in [0.25, 0.3) is 5.82 Å². The molecule has 0 saturated heterocycles. The molecule has 1 rings (SSSR count). The largest absolute Gasteiger partial charge is 0.255 e. The number of hydrogen-bond acceptors (Lipinski definition) is 2. The van der Waals surface area contributed by atoms with Crippen LogP contribution in [0.3, 0.4) is 0 Å². The molecule has 0 aliphatic heterocycles. The SMILES string of the molecule is N#CCCCc1[nH]cc[n+]1CC#N. The molecule has 4 nitrogen and oxygen atoms in total. The quantitative estimate of drug-likeness (QED) is 0.540. The van der Waals surface area contributed by atoms with Gasteiger partial charge in [-0.1, -0.05) is 0 Å². The van der Waals surface area contributed by atoms with E-state index in [4.69, 9.17) is 10.5 Å². The Hall–Kier alpha value is -1.81. The molecule has 1 aromatic rings. The summed E-state index contributed by atoms with van der Waals surface area (Å²) >= 11 is 0. The van der Waals surface area contributed by atoms with Crippen molar-refractivity contribution in [3.05, 3.63) is 18.2 Å². The molecule has 66 valence electrons. The molecule has 1 aromatic heterocycles. The van der Waals surface area contributed by atoms with Crippen LogP contribution in [-0.2, 0) is 13.0 Å². The Labute approximate surface area is 77.0 Å². The lowest BCUT2D eigenvalue weighted by Gasteiger charge is -1.93. The van der Waals surface area contributed by atoms with Gasteiger partial charge >= 0.3 is 0 Å². The number of nitrogens with one attached hydrogen (secondary N) is 1. The molecule has 0 spiro atoms. The maximum atomic E-state index is 8.50. The zero-order valence-corrected chi connectivity index (χ0v) is 7.32. The lowest BCUT2D eigenvalue weighted by Crippen LogP contribution is -2.35. The zero-order valence-electron chi connectivity index (χ0n) is 7.32. The van der Waals surface area contributed by atoms with Gasteiger partial charge < -0.3 is 0 Å². The fourth-order valence-electron chi connectivity index (χ4n) is 1.17. The van der Waals surface area contributed by atoms with Crippen molar-refractivity contribution in [2.24, 2.45) is 0 Å². The Morgan fingerprint density at radius 2 is 2.23 bits per heavy atom. The van der Waals surface area contributed by atoms with Crippen molar-refractivity contribution < 1.29 is 4.57 Å². The van der Waals surface area contributed by atoms with E-state index in [2.05, 4.69) is 17.1 Å². The van der Waals surface area contributed by atoms with Crippen LogP contribution in [-0.4, -0.2) is 4.98 Å². The predicted molar refractivity (Wildman–Crippen MR) is 45.2 cm³/mol. The molecule has 0 aromatic carbocycles. The highest BCUT2D eigenvalue weighted by Gasteiger charge is 2.08. The molecular formula is C9H11N4+. The van der Waals surface area contributed by atoms with Gasteiger partial charge in [-0.05, 0) is 6.42 Å². The summed E-state index contributed by atoms with van der Waals surface area (Å²) in [6.07, 6.45) is 5.86. The molecule has 1 heterocycles. The highest BCUT2D eigenvalue weighted by atomic mass is 15.1. The molecule has 0 fully saturated rings. The fourth-order valence-corrected chi connectivity index (χ4v) is 1.17. The number of aromatic amines is 1. The smallest absolute Gasteiger partial charge is 0.248 e. The van der Waals surface area contributed by atoms with Crippen molar-refractivity contribution >= 4 is 0 Å². The number of hydrogen-bond donors (Lipinski definition) is 1. The third-order valence-corrected chi connectivity index (χ3v) is 1.79. The van der Waals surface area contributed by atoms with Gasteiger partial charge in [0.2, 0.25) is 0 Å². The first-order valence-corrected chi connectivity index (χ1v) is 4.18. The van der Waals surface area contributed by atoms with Gasteiger partial charge in [-0.3, -0.25) is 0 Å². The van der Waals surface area contributed by atoms with Gasteiger partial charge in [0.05, 0.1) is 12.5 Å². The number of rotatable bonds is 4. The Morgan fingerprint density at radius 3 is 2.92 bits per heavy atom. The second-order valence-electron chi connectivity index (χ2n) is 2.70. The minimum Gasteiger partial charge on any atom is -0.248 e.